The van der Waals surface area contributed by atoms with Crippen molar-refractivity contribution in [2.45, 2.75) is 39.2 Å². The van der Waals surface area contributed by atoms with E-state index in [-0.39, 0.29) is 5.41 Å². The Hall–Kier alpha value is -2.11. The number of nitrogens with zero attached hydrogens (tertiary/aromatic N) is 4. The van der Waals surface area contributed by atoms with Gasteiger partial charge in [0.05, 0.1) is 19.2 Å². The highest BCUT2D eigenvalue weighted by molar-refractivity contribution is 5.77. The van der Waals surface area contributed by atoms with Crippen LogP contribution in [0.5, 0.6) is 5.75 Å². The first-order valence-corrected chi connectivity index (χ1v) is 7.32. The number of hydrogen-bond acceptors (Lipinski definition) is 5. The molecule has 0 spiro atoms. The second kappa shape index (κ2) is 5.35. The molecule has 1 saturated carbocycles. The Labute approximate surface area is 124 Å². The molecule has 1 aromatic carbocycles. The molecule has 0 unspecified atom stereocenters. The van der Waals surface area contributed by atoms with Crippen molar-refractivity contribution in [3.63, 3.8) is 0 Å². The summed E-state index contributed by atoms with van der Waals surface area (Å²) < 4.78 is 7.27. The van der Waals surface area contributed by atoms with Crippen molar-refractivity contribution in [3.8, 4) is 17.1 Å². The van der Waals surface area contributed by atoms with Gasteiger partial charge in [-0.3, -0.25) is 0 Å². The second-order valence-corrected chi connectivity index (χ2v) is 6.10. The lowest BCUT2D eigenvalue weighted by molar-refractivity contribution is 0.267. The van der Waals surface area contributed by atoms with Gasteiger partial charge in [-0.1, -0.05) is 25.8 Å². The molecule has 0 aliphatic heterocycles. The van der Waals surface area contributed by atoms with Crippen molar-refractivity contribution < 1.29 is 4.74 Å². The average molecular weight is 287 g/mol. The Morgan fingerprint density at radius 3 is 2.81 bits per heavy atom. The molecule has 6 heteroatoms. The van der Waals surface area contributed by atoms with E-state index in [2.05, 4.69) is 22.4 Å². The number of ether oxygens (including phenoxy) is 1. The number of aromatic nitrogens is 4. The van der Waals surface area contributed by atoms with Crippen LogP contribution in [-0.4, -0.2) is 27.3 Å². The van der Waals surface area contributed by atoms with Crippen LogP contribution in [0.2, 0.25) is 0 Å². The number of rotatable bonds is 4. The summed E-state index contributed by atoms with van der Waals surface area (Å²) in [6.45, 7) is 3.11. The molecule has 0 radical (unpaired) electrons. The number of benzene rings is 1. The standard InChI is InChI=1S/C15H21N5O/c1-15(8-3-4-9-15)10-20-14(17-18-19-20)13-11(16)6-5-7-12(13)21-2/h5-7H,3-4,8-10,16H2,1-2H3. The van der Waals surface area contributed by atoms with Crippen LogP contribution in [0.15, 0.2) is 18.2 Å². The van der Waals surface area contributed by atoms with E-state index in [4.69, 9.17) is 10.5 Å². The first-order valence-electron chi connectivity index (χ1n) is 7.32. The van der Waals surface area contributed by atoms with Gasteiger partial charge in [0.15, 0.2) is 5.82 Å². The summed E-state index contributed by atoms with van der Waals surface area (Å²) in [4.78, 5) is 0. The van der Waals surface area contributed by atoms with Gasteiger partial charge in [0.1, 0.15) is 5.75 Å². The molecular weight excluding hydrogens is 266 g/mol. The van der Waals surface area contributed by atoms with Gasteiger partial charge in [0, 0.05) is 5.69 Å². The molecule has 1 aliphatic carbocycles. The Kier molecular flexibility index (Phi) is 3.53. The smallest absolute Gasteiger partial charge is 0.187 e. The topological polar surface area (TPSA) is 78.8 Å². The summed E-state index contributed by atoms with van der Waals surface area (Å²) in [6.07, 6.45) is 5.00. The van der Waals surface area contributed by atoms with Crippen LogP contribution >= 0.6 is 0 Å². The zero-order chi connectivity index (χ0) is 14.9. The zero-order valence-electron chi connectivity index (χ0n) is 12.5. The van der Waals surface area contributed by atoms with Gasteiger partial charge >= 0.3 is 0 Å². The van der Waals surface area contributed by atoms with Crippen molar-refractivity contribution in [3.05, 3.63) is 18.2 Å². The molecule has 1 fully saturated rings. The van der Waals surface area contributed by atoms with E-state index in [0.29, 0.717) is 17.3 Å². The van der Waals surface area contributed by atoms with Crippen LogP contribution < -0.4 is 10.5 Å². The third-order valence-corrected chi connectivity index (χ3v) is 4.38. The van der Waals surface area contributed by atoms with E-state index < -0.39 is 0 Å². The molecular formula is C15H21N5O. The highest BCUT2D eigenvalue weighted by atomic mass is 16.5. The van der Waals surface area contributed by atoms with E-state index in [0.717, 1.165) is 12.1 Å². The zero-order valence-corrected chi connectivity index (χ0v) is 12.5. The molecule has 2 N–H and O–H groups in total. The van der Waals surface area contributed by atoms with Gasteiger partial charge in [-0.05, 0) is 40.8 Å². The van der Waals surface area contributed by atoms with Crippen LogP contribution in [0.4, 0.5) is 5.69 Å². The summed E-state index contributed by atoms with van der Waals surface area (Å²) in [5, 5.41) is 12.2. The Balaban J connectivity index is 1.99. The SMILES string of the molecule is COc1cccc(N)c1-c1nnnn1CC1(C)CCCC1. The minimum Gasteiger partial charge on any atom is -0.496 e. The van der Waals surface area contributed by atoms with Gasteiger partial charge < -0.3 is 10.5 Å². The van der Waals surface area contributed by atoms with Crippen molar-refractivity contribution in [2.24, 2.45) is 5.41 Å². The van der Waals surface area contributed by atoms with E-state index in [1.165, 1.54) is 25.7 Å². The monoisotopic (exact) mass is 287 g/mol. The number of nitrogens with two attached hydrogens (primary N) is 1. The summed E-state index contributed by atoms with van der Waals surface area (Å²) in [5.74, 6) is 1.38. The fourth-order valence-corrected chi connectivity index (χ4v) is 3.20. The van der Waals surface area contributed by atoms with Crippen LogP contribution in [-0.2, 0) is 6.54 Å². The maximum atomic E-state index is 6.11. The van der Waals surface area contributed by atoms with E-state index in [1.54, 1.807) is 7.11 Å². The molecule has 1 heterocycles. The number of anilines is 1. The fourth-order valence-electron chi connectivity index (χ4n) is 3.20. The van der Waals surface area contributed by atoms with Crippen molar-refractivity contribution >= 4 is 5.69 Å². The van der Waals surface area contributed by atoms with E-state index >= 15 is 0 Å². The minimum absolute atomic E-state index is 0.265. The highest BCUT2D eigenvalue weighted by Gasteiger charge is 2.31. The largest absolute Gasteiger partial charge is 0.496 e. The molecule has 6 nitrogen and oxygen atoms in total. The van der Waals surface area contributed by atoms with Gasteiger partial charge in [-0.15, -0.1) is 5.10 Å². The van der Waals surface area contributed by atoms with Gasteiger partial charge in [0.2, 0.25) is 0 Å². The quantitative estimate of drug-likeness (QED) is 0.874. The minimum atomic E-state index is 0.265. The molecule has 0 saturated heterocycles. The number of tetrazole rings is 1. The molecule has 0 bridgehead atoms. The molecule has 0 amide bonds. The number of nitrogen functional groups attached to an aromatic ring is 1. The van der Waals surface area contributed by atoms with Gasteiger partial charge in [-0.2, -0.15) is 0 Å². The highest BCUT2D eigenvalue weighted by Crippen LogP contribution is 2.40. The summed E-state index contributed by atoms with van der Waals surface area (Å²) in [7, 11) is 1.63. The maximum absolute atomic E-state index is 6.11. The van der Waals surface area contributed by atoms with Gasteiger partial charge in [0.25, 0.3) is 0 Å². The Morgan fingerprint density at radius 2 is 2.10 bits per heavy atom. The lowest BCUT2D eigenvalue weighted by Crippen LogP contribution is -2.21. The Bertz CT molecular complexity index is 631. The average Bonchev–Trinajstić information content (AvgIpc) is 3.08. The third kappa shape index (κ3) is 2.57. The van der Waals surface area contributed by atoms with E-state index in [1.807, 2.05) is 22.9 Å². The third-order valence-electron chi connectivity index (χ3n) is 4.38. The second-order valence-electron chi connectivity index (χ2n) is 6.10. The van der Waals surface area contributed by atoms with Gasteiger partial charge in [-0.25, -0.2) is 4.68 Å². The van der Waals surface area contributed by atoms with Crippen molar-refractivity contribution in [1.29, 1.82) is 0 Å². The van der Waals surface area contributed by atoms with Crippen molar-refractivity contribution in [1.82, 2.24) is 20.2 Å². The fraction of sp³-hybridized carbons (Fsp3) is 0.533. The maximum Gasteiger partial charge on any atom is 0.187 e. The van der Waals surface area contributed by atoms with Crippen LogP contribution in [0.25, 0.3) is 11.4 Å². The van der Waals surface area contributed by atoms with Crippen LogP contribution in [0.1, 0.15) is 32.6 Å². The van der Waals surface area contributed by atoms with Crippen LogP contribution in [0.3, 0.4) is 0 Å². The van der Waals surface area contributed by atoms with Crippen molar-refractivity contribution in [2.75, 3.05) is 12.8 Å². The molecule has 3 rings (SSSR count). The van der Waals surface area contributed by atoms with Crippen LogP contribution in [0, 0.1) is 5.41 Å². The first kappa shape index (κ1) is 13.9. The molecule has 1 aromatic heterocycles. The molecule has 1 aliphatic rings. The number of hydrogen-bond donors (Lipinski definition) is 1. The predicted octanol–water partition coefficient (Wildman–Crippen LogP) is 2.51. The summed E-state index contributed by atoms with van der Waals surface area (Å²) >= 11 is 0. The number of methoxy groups -OCH3 is 1. The lowest BCUT2D eigenvalue weighted by atomic mass is 9.89. The normalized spacial score (nSPS) is 17.0. The molecule has 0 atom stereocenters. The Morgan fingerprint density at radius 1 is 1.33 bits per heavy atom. The molecule has 21 heavy (non-hydrogen) atoms. The first-order chi connectivity index (χ1) is 10.1. The summed E-state index contributed by atoms with van der Waals surface area (Å²) in [5.41, 5.74) is 7.77. The summed E-state index contributed by atoms with van der Waals surface area (Å²) in [6, 6.07) is 5.58. The molecule has 112 valence electrons. The predicted molar refractivity (Wildman–Crippen MR) is 80.8 cm³/mol. The molecule has 2 aromatic rings. The lowest BCUT2D eigenvalue weighted by Gasteiger charge is -2.23. The van der Waals surface area contributed by atoms with E-state index in [9.17, 15) is 0 Å².